The third-order valence-corrected chi connectivity index (χ3v) is 2.29. The Kier molecular flexibility index (Phi) is 3.78. The molecule has 1 rings (SSSR count). The molecule has 1 aromatic rings. The van der Waals surface area contributed by atoms with Gasteiger partial charge in [-0.15, -0.1) is 0 Å². The number of carbonyl (C=O) groups excluding carboxylic acids is 1. The molecule has 0 atom stereocenters. The monoisotopic (exact) mass is 233 g/mol. The summed E-state index contributed by atoms with van der Waals surface area (Å²) in [4.78, 5) is 22.0. The molecular formula is C13H15NO3. The standard InChI is InChI=1S/C13H15NO3/c1-13(2,3)12(15)9-8-10-6-4-5-7-11(10)14(16)17/h4-9H,1-3H3/b9-8+. The van der Waals surface area contributed by atoms with Crippen molar-refractivity contribution in [1.82, 2.24) is 0 Å². The second kappa shape index (κ2) is 4.91. The first-order valence-corrected chi connectivity index (χ1v) is 5.28. The molecule has 4 nitrogen and oxygen atoms in total. The molecular weight excluding hydrogens is 218 g/mol. The van der Waals surface area contributed by atoms with E-state index in [1.165, 1.54) is 18.2 Å². The summed E-state index contributed by atoms with van der Waals surface area (Å²) in [6, 6.07) is 6.33. The minimum atomic E-state index is -0.472. The van der Waals surface area contributed by atoms with Crippen molar-refractivity contribution in [2.45, 2.75) is 20.8 Å². The Morgan fingerprint density at radius 1 is 1.29 bits per heavy atom. The highest BCUT2D eigenvalue weighted by atomic mass is 16.6. The van der Waals surface area contributed by atoms with E-state index < -0.39 is 10.3 Å². The van der Waals surface area contributed by atoms with Crippen LogP contribution in [-0.2, 0) is 4.79 Å². The third-order valence-electron chi connectivity index (χ3n) is 2.29. The van der Waals surface area contributed by atoms with Gasteiger partial charge in [0.05, 0.1) is 10.5 Å². The van der Waals surface area contributed by atoms with Crippen LogP contribution >= 0.6 is 0 Å². The predicted molar refractivity (Wildman–Crippen MR) is 66.6 cm³/mol. The van der Waals surface area contributed by atoms with E-state index in [1.54, 1.807) is 39.0 Å². The highest BCUT2D eigenvalue weighted by molar-refractivity contribution is 5.97. The summed E-state index contributed by atoms with van der Waals surface area (Å²) in [5, 5.41) is 10.8. The number of benzene rings is 1. The number of nitro benzene ring substituents is 1. The average molecular weight is 233 g/mol. The van der Waals surface area contributed by atoms with E-state index >= 15 is 0 Å². The molecule has 0 fully saturated rings. The zero-order chi connectivity index (χ0) is 13.1. The van der Waals surface area contributed by atoms with Crippen molar-refractivity contribution in [3.8, 4) is 0 Å². The van der Waals surface area contributed by atoms with Crippen molar-refractivity contribution < 1.29 is 9.72 Å². The molecule has 0 saturated carbocycles. The van der Waals surface area contributed by atoms with Crippen LogP contribution in [0, 0.1) is 15.5 Å². The third kappa shape index (κ3) is 3.52. The predicted octanol–water partition coefficient (Wildman–Crippen LogP) is 3.22. The fourth-order valence-electron chi connectivity index (χ4n) is 1.21. The maximum atomic E-state index is 11.7. The van der Waals surface area contributed by atoms with E-state index in [1.807, 2.05) is 0 Å². The Morgan fingerprint density at radius 2 is 1.88 bits per heavy atom. The van der Waals surface area contributed by atoms with Gasteiger partial charge >= 0.3 is 0 Å². The van der Waals surface area contributed by atoms with Gasteiger partial charge in [-0.25, -0.2) is 0 Å². The molecule has 90 valence electrons. The number of ketones is 1. The van der Waals surface area contributed by atoms with Crippen molar-refractivity contribution >= 4 is 17.5 Å². The summed E-state index contributed by atoms with van der Waals surface area (Å²) < 4.78 is 0. The summed E-state index contributed by atoms with van der Waals surface area (Å²) in [5.74, 6) is -0.0596. The van der Waals surface area contributed by atoms with E-state index in [-0.39, 0.29) is 11.5 Å². The second-order valence-electron chi connectivity index (χ2n) is 4.76. The number of carbonyl (C=O) groups is 1. The quantitative estimate of drug-likeness (QED) is 0.457. The van der Waals surface area contributed by atoms with Crippen LogP contribution in [0.2, 0.25) is 0 Å². The maximum absolute atomic E-state index is 11.7. The number of allylic oxidation sites excluding steroid dienone is 1. The van der Waals surface area contributed by atoms with Gasteiger partial charge in [-0.3, -0.25) is 14.9 Å². The van der Waals surface area contributed by atoms with Crippen molar-refractivity contribution in [1.29, 1.82) is 0 Å². The van der Waals surface area contributed by atoms with E-state index in [0.717, 1.165) is 0 Å². The molecule has 0 heterocycles. The van der Waals surface area contributed by atoms with Crippen LogP contribution in [0.4, 0.5) is 5.69 Å². The molecule has 4 heteroatoms. The lowest BCUT2D eigenvalue weighted by molar-refractivity contribution is -0.385. The van der Waals surface area contributed by atoms with Gasteiger partial charge in [0.1, 0.15) is 0 Å². The van der Waals surface area contributed by atoms with Crippen LogP contribution in [0.1, 0.15) is 26.3 Å². The molecule has 0 unspecified atom stereocenters. The van der Waals surface area contributed by atoms with Gasteiger partial charge in [0.25, 0.3) is 5.69 Å². The largest absolute Gasteiger partial charge is 0.294 e. The van der Waals surface area contributed by atoms with Gasteiger partial charge in [0.2, 0.25) is 0 Å². The molecule has 0 amide bonds. The van der Waals surface area contributed by atoms with Crippen LogP contribution in [0.15, 0.2) is 30.3 Å². The summed E-state index contributed by atoms with van der Waals surface area (Å²) >= 11 is 0. The van der Waals surface area contributed by atoms with Crippen LogP contribution in [0.3, 0.4) is 0 Å². The van der Waals surface area contributed by atoms with Gasteiger partial charge in [-0.05, 0) is 18.2 Å². The molecule has 0 bridgehead atoms. The Balaban J connectivity index is 3.00. The highest BCUT2D eigenvalue weighted by Crippen LogP contribution is 2.21. The summed E-state index contributed by atoms with van der Waals surface area (Å²) in [5.41, 5.74) is -0.0272. The minimum Gasteiger partial charge on any atom is -0.294 e. The van der Waals surface area contributed by atoms with Crippen LogP contribution < -0.4 is 0 Å². The molecule has 0 spiro atoms. The van der Waals surface area contributed by atoms with Crippen LogP contribution in [0.25, 0.3) is 6.08 Å². The molecule has 0 aliphatic carbocycles. The minimum absolute atomic E-state index is 0.00505. The fourth-order valence-corrected chi connectivity index (χ4v) is 1.21. The van der Waals surface area contributed by atoms with Crippen molar-refractivity contribution in [2.75, 3.05) is 0 Å². The number of rotatable bonds is 3. The van der Waals surface area contributed by atoms with Crippen molar-refractivity contribution in [2.24, 2.45) is 5.41 Å². The number of hydrogen-bond donors (Lipinski definition) is 0. The van der Waals surface area contributed by atoms with Crippen LogP contribution in [-0.4, -0.2) is 10.7 Å². The zero-order valence-electron chi connectivity index (χ0n) is 10.1. The van der Waals surface area contributed by atoms with E-state index in [2.05, 4.69) is 0 Å². The number of nitrogens with zero attached hydrogens (tertiary/aromatic N) is 1. The molecule has 0 aromatic heterocycles. The Morgan fingerprint density at radius 3 is 2.41 bits per heavy atom. The van der Waals surface area contributed by atoms with Crippen molar-refractivity contribution in [3.05, 3.63) is 46.0 Å². The SMILES string of the molecule is CC(C)(C)C(=O)/C=C/c1ccccc1[N+](=O)[O-]. The Bertz CT molecular complexity index is 470. The molecule has 17 heavy (non-hydrogen) atoms. The lowest BCUT2D eigenvalue weighted by Crippen LogP contribution is -2.17. The molecule has 0 N–H and O–H groups in total. The van der Waals surface area contributed by atoms with Gasteiger partial charge in [0.15, 0.2) is 5.78 Å². The fraction of sp³-hybridized carbons (Fsp3) is 0.308. The zero-order valence-corrected chi connectivity index (χ0v) is 10.1. The number of para-hydroxylation sites is 1. The molecule has 0 saturated heterocycles. The van der Waals surface area contributed by atoms with Crippen LogP contribution in [0.5, 0.6) is 0 Å². The molecule has 0 aliphatic heterocycles. The summed E-state index contributed by atoms with van der Waals surface area (Å²) in [6.07, 6.45) is 2.88. The number of nitro groups is 1. The first-order chi connectivity index (χ1) is 7.82. The maximum Gasteiger partial charge on any atom is 0.276 e. The molecule has 0 radical (unpaired) electrons. The first kappa shape index (κ1) is 13.1. The smallest absolute Gasteiger partial charge is 0.276 e. The van der Waals surface area contributed by atoms with Gasteiger partial charge < -0.3 is 0 Å². The van der Waals surface area contributed by atoms with Gasteiger partial charge in [-0.2, -0.15) is 0 Å². The summed E-state index contributed by atoms with van der Waals surface area (Å²) in [6.45, 7) is 5.41. The van der Waals surface area contributed by atoms with Gasteiger partial charge in [-0.1, -0.05) is 32.9 Å². The summed E-state index contributed by atoms with van der Waals surface area (Å²) in [7, 11) is 0. The highest BCUT2D eigenvalue weighted by Gasteiger charge is 2.18. The topological polar surface area (TPSA) is 60.2 Å². The first-order valence-electron chi connectivity index (χ1n) is 5.28. The molecule has 0 aliphatic rings. The van der Waals surface area contributed by atoms with E-state index in [4.69, 9.17) is 0 Å². The Hall–Kier alpha value is -1.97. The van der Waals surface area contributed by atoms with Gasteiger partial charge in [0, 0.05) is 11.5 Å². The lowest BCUT2D eigenvalue weighted by Gasteiger charge is -2.12. The number of hydrogen-bond acceptors (Lipinski definition) is 3. The van der Waals surface area contributed by atoms with Crippen molar-refractivity contribution in [3.63, 3.8) is 0 Å². The normalized spacial score (nSPS) is 11.7. The van der Waals surface area contributed by atoms with E-state index in [9.17, 15) is 14.9 Å². The Labute approximate surface area is 100 Å². The molecule has 1 aromatic carbocycles. The average Bonchev–Trinajstić information content (AvgIpc) is 2.24. The van der Waals surface area contributed by atoms with E-state index in [0.29, 0.717) is 5.56 Å². The lowest BCUT2D eigenvalue weighted by atomic mass is 9.90. The second-order valence-corrected chi connectivity index (χ2v) is 4.76.